The van der Waals surface area contributed by atoms with E-state index in [1.54, 1.807) is 30.4 Å². The molecule has 0 bridgehead atoms. The number of carboxylic acids is 1. The number of carbonyl (C=O) groups excluding carboxylic acids is 1. The van der Waals surface area contributed by atoms with Crippen molar-refractivity contribution in [3.63, 3.8) is 0 Å². The average Bonchev–Trinajstić information content (AvgIpc) is 3.37. The molecule has 1 atom stereocenters. The first kappa shape index (κ1) is 47.3. The molecule has 4 rings (SSSR count). The lowest BCUT2D eigenvalue weighted by Crippen LogP contribution is -2.39. The lowest BCUT2D eigenvalue weighted by Gasteiger charge is -2.30. The Morgan fingerprint density at radius 3 is 2.37 bits per heavy atom. The maximum absolute atomic E-state index is 13.8. The molecule has 1 aromatic carbocycles. The molecule has 59 heavy (non-hydrogen) atoms. The summed E-state index contributed by atoms with van der Waals surface area (Å²) in [6.45, 7) is 5.48. The Kier molecular flexibility index (Phi) is 16.2. The van der Waals surface area contributed by atoms with Crippen molar-refractivity contribution in [2.75, 3.05) is 62.6 Å². The summed E-state index contributed by atoms with van der Waals surface area (Å²) in [6, 6.07) is 9.56. The molecule has 19 heteroatoms. The highest BCUT2D eigenvalue weighted by molar-refractivity contribution is 7.90. The number of rotatable bonds is 22. The van der Waals surface area contributed by atoms with Crippen LogP contribution in [0.4, 0.5) is 5.69 Å². The van der Waals surface area contributed by atoms with Gasteiger partial charge in [-0.05, 0) is 87.1 Å². The molecule has 0 aromatic heterocycles. The van der Waals surface area contributed by atoms with Crippen molar-refractivity contribution in [1.29, 1.82) is 0 Å². The zero-order valence-electron chi connectivity index (χ0n) is 33.7. The first-order chi connectivity index (χ1) is 27.7. The number of fused-ring (bicyclic) bond motifs is 2. The molecule has 0 spiro atoms. The quantitative estimate of drug-likeness (QED) is 0.0628. The fourth-order valence-electron chi connectivity index (χ4n) is 7.41. The number of unbranched alkanes of at least 4 members (excludes halogenated alkanes) is 2. The minimum Gasteiger partial charge on any atom is -0.481 e. The van der Waals surface area contributed by atoms with E-state index in [1.807, 2.05) is 35.5 Å². The Balaban J connectivity index is 1.86. The number of carbonyl (C=O) groups is 2. The molecular formula is C40H54N3O13S3+. The molecule has 0 saturated heterocycles. The van der Waals surface area contributed by atoms with Crippen molar-refractivity contribution in [1.82, 2.24) is 9.89 Å². The number of allylic oxidation sites excluding steroid dienone is 3. The average molecular weight is 881 g/mol. The van der Waals surface area contributed by atoms with Crippen molar-refractivity contribution in [3.8, 4) is 11.3 Å². The van der Waals surface area contributed by atoms with E-state index in [9.17, 15) is 43.9 Å². The van der Waals surface area contributed by atoms with Crippen LogP contribution >= 0.6 is 0 Å². The lowest BCUT2D eigenvalue weighted by atomic mass is 9.77. The summed E-state index contributed by atoms with van der Waals surface area (Å²) >= 11 is 0. The number of nitrogens with one attached hydrogen (secondary N) is 1. The van der Waals surface area contributed by atoms with Gasteiger partial charge in [0.2, 0.25) is 5.36 Å². The molecule has 1 aliphatic carbocycles. The monoisotopic (exact) mass is 880 g/mol. The number of hydrogen-bond acceptors (Lipinski definition) is 11. The van der Waals surface area contributed by atoms with Crippen LogP contribution in [0, 0.1) is 0 Å². The van der Waals surface area contributed by atoms with Crippen LogP contribution in [0.25, 0.3) is 17.4 Å². The zero-order valence-corrected chi connectivity index (χ0v) is 36.2. The third-order valence-corrected chi connectivity index (χ3v) is 12.9. The first-order valence-corrected chi connectivity index (χ1v) is 24.3. The topological polar surface area (TPSA) is 238 Å². The predicted octanol–water partition coefficient (Wildman–Crippen LogP) is 4.22. The zero-order chi connectivity index (χ0) is 43.6. The molecule has 2 aliphatic heterocycles. The van der Waals surface area contributed by atoms with Crippen LogP contribution in [0.3, 0.4) is 0 Å². The van der Waals surface area contributed by atoms with E-state index in [4.69, 9.17) is 14.3 Å². The first-order valence-electron chi connectivity index (χ1n) is 19.2. The number of benzene rings is 2. The second-order valence-electron chi connectivity index (χ2n) is 14.7. The third kappa shape index (κ3) is 12.8. The van der Waals surface area contributed by atoms with Crippen LogP contribution in [0.2, 0.25) is 0 Å². The summed E-state index contributed by atoms with van der Waals surface area (Å²) in [4.78, 5) is 26.6. The second kappa shape index (κ2) is 20.2. The fraction of sp³-hybridized carbons (Fsp3) is 0.475. The van der Waals surface area contributed by atoms with Gasteiger partial charge in [-0.3, -0.25) is 18.7 Å². The lowest BCUT2D eigenvalue weighted by molar-refractivity contribution is -0.137. The minimum atomic E-state index is -4.61. The summed E-state index contributed by atoms with van der Waals surface area (Å²) in [6.07, 6.45) is 10.2. The van der Waals surface area contributed by atoms with Gasteiger partial charge in [-0.2, -0.15) is 16.8 Å². The maximum Gasteiger partial charge on any atom is 0.303 e. The Morgan fingerprint density at radius 2 is 1.73 bits per heavy atom. The largest absolute Gasteiger partial charge is 0.481 e. The van der Waals surface area contributed by atoms with E-state index in [0.29, 0.717) is 78.7 Å². The molecule has 324 valence electrons. The number of nitrogens with zero attached hydrogens (tertiary/aromatic N) is 2. The van der Waals surface area contributed by atoms with Gasteiger partial charge in [0, 0.05) is 67.7 Å². The van der Waals surface area contributed by atoms with Crippen LogP contribution in [-0.4, -0.2) is 109 Å². The van der Waals surface area contributed by atoms with Crippen molar-refractivity contribution in [2.24, 2.45) is 0 Å². The van der Waals surface area contributed by atoms with Gasteiger partial charge in [0.1, 0.15) is 22.9 Å². The van der Waals surface area contributed by atoms with Gasteiger partial charge in [0.05, 0.1) is 29.3 Å². The van der Waals surface area contributed by atoms with Gasteiger partial charge in [0.25, 0.3) is 26.1 Å². The molecule has 1 amide bonds. The molecular weight excluding hydrogens is 827 g/mol. The maximum atomic E-state index is 13.8. The van der Waals surface area contributed by atoms with E-state index in [1.165, 1.54) is 31.8 Å². The van der Waals surface area contributed by atoms with Crippen LogP contribution in [0.15, 0.2) is 69.8 Å². The van der Waals surface area contributed by atoms with E-state index < -0.39 is 53.1 Å². The number of ether oxygens (including phenoxy) is 1. The molecule has 2 heterocycles. The number of methoxy groups -OCH3 is 1. The number of amides is 1. The van der Waals surface area contributed by atoms with E-state index >= 15 is 0 Å². The van der Waals surface area contributed by atoms with Gasteiger partial charge in [-0.25, -0.2) is 13.0 Å². The molecule has 0 saturated carbocycles. The summed E-state index contributed by atoms with van der Waals surface area (Å²) in [5, 5.41) is 12.6. The van der Waals surface area contributed by atoms with E-state index in [0.717, 1.165) is 0 Å². The van der Waals surface area contributed by atoms with Crippen molar-refractivity contribution < 1.29 is 58.2 Å². The molecule has 0 radical (unpaired) electrons. The number of sulfone groups is 1. The summed E-state index contributed by atoms with van der Waals surface area (Å²) in [7, 11) is -10.6. The van der Waals surface area contributed by atoms with Crippen LogP contribution in [0.1, 0.15) is 80.3 Å². The highest BCUT2D eigenvalue weighted by Crippen LogP contribution is 2.51. The van der Waals surface area contributed by atoms with Gasteiger partial charge in [0.15, 0.2) is 11.3 Å². The standard InChI is InChI=1S/C40H53N3O13S3/c1-5-42(22-11-26-57(4,47)48)34-18-16-31-29(19-24-56-38(31)37(34)39(46)41-21-25-55-3)12-9-13-35-40(2,20-10-27-58(49,50)51)32-28-30(59(52,53)54)15-17-33(32)43(35)23-8-6-7-14-36(44)45/h9,12-13,15-19,24,28H,5-8,10-11,14,20-23,25-27H2,1-4H3,(H3-,41,44,45,46,49,50,51,52,53,54)/p+1. The van der Waals surface area contributed by atoms with Gasteiger partial charge < -0.3 is 24.5 Å². The highest BCUT2D eigenvalue weighted by atomic mass is 32.2. The number of anilines is 1. The Labute approximate surface area is 346 Å². The number of hydrogen-bond donors (Lipinski definition) is 4. The Bertz CT molecular complexity index is 2440. The smallest absolute Gasteiger partial charge is 0.303 e. The highest BCUT2D eigenvalue weighted by Gasteiger charge is 2.43. The minimum absolute atomic E-state index is 0.00207. The molecule has 4 N–H and O–H groups in total. The van der Waals surface area contributed by atoms with E-state index in [-0.39, 0.29) is 54.4 Å². The van der Waals surface area contributed by atoms with E-state index in [2.05, 4.69) is 5.32 Å². The molecule has 0 fully saturated rings. The van der Waals surface area contributed by atoms with Crippen molar-refractivity contribution in [2.45, 2.75) is 69.1 Å². The predicted molar refractivity (Wildman–Crippen MR) is 224 cm³/mol. The summed E-state index contributed by atoms with van der Waals surface area (Å²) < 4.78 is 104. The summed E-state index contributed by atoms with van der Waals surface area (Å²) in [5.41, 5.74) is 2.32. The van der Waals surface area contributed by atoms with Gasteiger partial charge in [-0.1, -0.05) is 18.6 Å². The van der Waals surface area contributed by atoms with Crippen LogP contribution < -0.4 is 20.1 Å². The second-order valence-corrected chi connectivity index (χ2v) is 19.9. The van der Waals surface area contributed by atoms with Crippen LogP contribution in [-0.2, 0) is 45.0 Å². The number of aliphatic carboxylic acids is 1. The molecule has 16 nitrogen and oxygen atoms in total. The number of carboxylic acid groups (broad SMARTS) is 1. The molecule has 3 aliphatic rings. The molecule has 1 aromatic rings. The Hall–Kier alpha value is -4.40. The SMILES string of the molecule is CC[N+](CCCS(C)(=O)=O)=c1ccc2c(/C=C/C=C3/N(CCCCCC(=O)O)c4ccc(S(=O)(=O)O)cc4C3(C)CCCS(=O)(=O)O)ccoc-2c1C(=O)NCCOC. The normalized spacial score (nSPS) is 17.2. The Morgan fingerprint density at radius 1 is 0.983 bits per heavy atom. The molecule has 1 unspecified atom stereocenters. The fourth-order valence-corrected chi connectivity index (χ4v) is 9.08. The van der Waals surface area contributed by atoms with Gasteiger partial charge in [-0.15, -0.1) is 0 Å². The van der Waals surface area contributed by atoms with Crippen molar-refractivity contribution in [3.05, 3.63) is 82.6 Å². The third-order valence-electron chi connectivity index (χ3n) is 10.3. The van der Waals surface area contributed by atoms with Crippen molar-refractivity contribution >= 4 is 53.7 Å². The van der Waals surface area contributed by atoms with Crippen LogP contribution in [0.5, 0.6) is 0 Å². The van der Waals surface area contributed by atoms with Gasteiger partial charge >= 0.3 is 5.97 Å². The summed E-state index contributed by atoms with van der Waals surface area (Å²) in [5.74, 6) is -1.59.